The van der Waals surface area contributed by atoms with E-state index in [9.17, 15) is 0 Å². The SMILES string of the molecule is CON1CCC(N2CCCCC2)CC1. The van der Waals surface area contributed by atoms with Crippen LogP contribution in [-0.2, 0) is 4.84 Å². The number of rotatable bonds is 2. The van der Waals surface area contributed by atoms with E-state index in [2.05, 4.69) is 9.96 Å². The highest BCUT2D eigenvalue weighted by Gasteiger charge is 2.25. The van der Waals surface area contributed by atoms with Gasteiger partial charge in [-0.05, 0) is 38.8 Å². The molecule has 0 amide bonds. The van der Waals surface area contributed by atoms with Crippen LogP contribution in [0.25, 0.3) is 0 Å². The lowest BCUT2D eigenvalue weighted by atomic mass is 10.0. The van der Waals surface area contributed by atoms with E-state index in [1.165, 1.54) is 45.2 Å². The number of likely N-dealkylation sites (tertiary alicyclic amines) is 1. The highest BCUT2D eigenvalue weighted by molar-refractivity contribution is 4.79. The van der Waals surface area contributed by atoms with Crippen molar-refractivity contribution in [2.24, 2.45) is 0 Å². The van der Waals surface area contributed by atoms with Gasteiger partial charge in [-0.1, -0.05) is 6.42 Å². The van der Waals surface area contributed by atoms with Crippen molar-refractivity contribution < 1.29 is 4.84 Å². The van der Waals surface area contributed by atoms with Gasteiger partial charge in [0.2, 0.25) is 0 Å². The van der Waals surface area contributed by atoms with Crippen LogP contribution in [0.3, 0.4) is 0 Å². The number of nitrogens with zero attached hydrogens (tertiary/aromatic N) is 2. The van der Waals surface area contributed by atoms with Crippen molar-refractivity contribution in [1.29, 1.82) is 0 Å². The molecule has 2 rings (SSSR count). The number of hydrogen-bond donors (Lipinski definition) is 0. The van der Waals surface area contributed by atoms with Gasteiger partial charge in [-0.3, -0.25) is 0 Å². The third-order valence-electron chi connectivity index (χ3n) is 3.59. The van der Waals surface area contributed by atoms with Crippen molar-refractivity contribution in [1.82, 2.24) is 9.96 Å². The number of hydrogen-bond acceptors (Lipinski definition) is 3. The molecule has 0 radical (unpaired) electrons. The first kappa shape index (κ1) is 10.4. The minimum absolute atomic E-state index is 0.835. The molecule has 2 fully saturated rings. The maximum absolute atomic E-state index is 5.24. The van der Waals surface area contributed by atoms with Crippen LogP contribution in [0.2, 0.25) is 0 Å². The first-order valence-corrected chi connectivity index (χ1v) is 5.93. The first-order chi connectivity index (χ1) is 6.90. The predicted molar refractivity (Wildman–Crippen MR) is 57.0 cm³/mol. The largest absolute Gasteiger partial charge is 0.302 e. The summed E-state index contributed by atoms with van der Waals surface area (Å²) in [5, 5.41) is 2.08. The van der Waals surface area contributed by atoms with E-state index in [0.717, 1.165) is 19.1 Å². The minimum atomic E-state index is 0.835. The zero-order valence-electron chi connectivity index (χ0n) is 9.24. The Morgan fingerprint density at radius 1 is 0.929 bits per heavy atom. The zero-order valence-corrected chi connectivity index (χ0v) is 9.24. The van der Waals surface area contributed by atoms with Crippen LogP contribution in [0.15, 0.2) is 0 Å². The summed E-state index contributed by atoms with van der Waals surface area (Å²) in [4.78, 5) is 7.93. The lowest BCUT2D eigenvalue weighted by Gasteiger charge is -2.39. The van der Waals surface area contributed by atoms with Crippen LogP contribution in [0.4, 0.5) is 0 Å². The predicted octanol–water partition coefficient (Wildman–Crippen LogP) is 1.50. The standard InChI is InChI=1S/C11H22N2O/c1-14-13-9-5-11(6-10-13)12-7-3-2-4-8-12/h11H,2-10H2,1H3. The molecule has 0 aromatic heterocycles. The maximum Gasteiger partial charge on any atom is 0.0575 e. The Morgan fingerprint density at radius 3 is 2.14 bits per heavy atom. The molecular formula is C11H22N2O. The fourth-order valence-corrected chi connectivity index (χ4v) is 2.67. The minimum Gasteiger partial charge on any atom is -0.302 e. The Balaban J connectivity index is 1.76. The summed E-state index contributed by atoms with van der Waals surface area (Å²) >= 11 is 0. The Hall–Kier alpha value is -0.120. The van der Waals surface area contributed by atoms with E-state index in [-0.39, 0.29) is 0 Å². The third kappa shape index (κ3) is 2.47. The van der Waals surface area contributed by atoms with Crippen LogP contribution in [0.5, 0.6) is 0 Å². The molecule has 0 atom stereocenters. The van der Waals surface area contributed by atoms with Crippen molar-refractivity contribution in [2.75, 3.05) is 33.3 Å². The molecule has 2 heterocycles. The van der Waals surface area contributed by atoms with E-state index >= 15 is 0 Å². The maximum atomic E-state index is 5.24. The van der Waals surface area contributed by atoms with Gasteiger partial charge in [0.15, 0.2) is 0 Å². The molecule has 0 saturated carbocycles. The normalized spacial score (nSPS) is 28.1. The molecule has 3 nitrogen and oxygen atoms in total. The zero-order chi connectivity index (χ0) is 9.80. The molecule has 2 aliphatic heterocycles. The van der Waals surface area contributed by atoms with Crippen LogP contribution < -0.4 is 0 Å². The molecule has 0 bridgehead atoms. The fourth-order valence-electron chi connectivity index (χ4n) is 2.67. The highest BCUT2D eigenvalue weighted by Crippen LogP contribution is 2.20. The van der Waals surface area contributed by atoms with Gasteiger partial charge < -0.3 is 9.74 Å². The van der Waals surface area contributed by atoms with Gasteiger partial charge in [-0.25, -0.2) is 0 Å². The summed E-state index contributed by atoms with van der Waals surface area (Å²) in [6.45, 7) is 4.88. The Bertz CT molecular complexity index is 161. The van der Waals surface area contributed by atoms with Crippen molar-refractivity contribution >= 4 is 0 Å². The summed E-state index contributed by atoms with van der Waals surface area (Å²) in [6, 6.07) is 0.835. The van der Waals surface area contributed by atoms with Gasteiger partial charge >= 0.3 is 0 Å². The van der Waals surface area contributed by atoms with E-state index < -0.39 is 0 Å². The van der Waals surface area contributed by atoms with E-state index in [1.54, 1.807) is 7.11 Å². The summed E-state index contributed by atoms with van der Waals surface area (Å²) < 4.78 is 0. The van der Waals surface area contributed by atoms with Crippen LogP contribution >= 0.6 is 0 Å². The van der Waals surface area contributed by atoms with Gasteiger partial charge in [0.1, 0.15) is 0 Å². The molecule has 2 saturated heterocycles. The second-order valence-corrected chi connectivity index (χ2v) is 4.44. The average molecular weight is 198 g/mol. The number of hydroxylamine groups is 2. The smallest absolute Gasteiger partial charge is 0.0575 e. The molecule has 0 unspecified atom stereocenters. The van der Waals surface area contributed by atoms with Crippen molar-refractivity contribution in [2.45, 2.75) is 38.1 Å². The quantitative estimate of drug-likeness (QED) is 0.669. The Morgan fingerprint density at radius 2 is 1.57 bits per heavy atom. The Kier molecular flexibility index (Phi) is 3.79. The van der Waals surface area contributed by atoms with Crippen molar-refractivity contribution in [3.63, 3.8) is 0 Å². The molecule has 2 aliphatic rings. The molecule has 0 N–H and O–H groups in total. The molecular weight excluding hydrogens is 176 g/mol. The van der Waals surface area contributed by atoms with Gasteiger partial charge in [0, 0.05) is 19.1 Å². The van der Waals surface area contributed by atoms with Crippen LogP contribution in [0.1, 0.15) is 32.1 Å². The summed E-state index contributed by atoms with van der Waals surface area (Å²) in [6.07, 6.45) is 6.82. The Labute approximate surface area is 87.0 Å². The van der Waals surface area contributed by atoms with Crippen LogP contribution in [-0.4, -0.2) is 49.3 Å². The summed E-state index contributed by atoms with van der Waals surface area (Å²) in [5.74, 6) is 0. The summed E-state index contributed by atoms with van der Waals surface area (Å²) in [7, 11) is 1.78. The molecule has 0 aliphatic carbocycles. The van der Waals surface area contributed by atoms with Gasteiger partial charge in [-0.2, -0.15) is 5.06 Å². The lowest BCUT2D eigenvalue weighted by molar-refractivity contribution is -0.150. The van der Waals surface area contributed by atoms with Gasteiger partial charge in [-0.15, -0.1) is 0 Å². The van der Waals surface area contributed by atoms with E-state index in [0.29, 0.717) is 0 Å². The third-order valence-corrected chi connectivity index (χ3v) is 3.59. The number of piperidine rings is 2. The second kappa shape index (κ2) is 5.10. The van der Waals surface area contributed by atoms with Crippen molar-refractivity contribution in [3.8, 4) is 0 Å². The van der Waals surface area contributed by atoms with Gasteiger partial charge in [0.25, 0.3) is 0 Å². The molecule has 14 heavy (non-hydrogen) atoms. The van der Waals surface area contributed by atoms with Crippen LogP contribution in [0, 0.1) is 0 Å². The van der Waals surface area contributed by atoms with Gasteiger partial charge in [0.05, 0.1) is 7.11 Å². The topological polar surface area (TPSA) is 15.7 Å². The molecule has 0 aromatic rings. The molecule has 0 aromatic carbocycles. The lowest BCUT2D eigenvalue weighted by Crippen LogP contribution is -2.46. The monoisotopic (exact) mass is 198 g/mol. The highest BCUT2D eigenvalue weighted by atomic mass is 16.7. The molecule has 0 spiro atoms. The summed E-state index contributed by atoms with van der Waals surface area (Å²) in [5.41, 5.74) is 0. The average Bonchev–Trinajstić information content (AvgIpc) is 2.30. The van der Waals surface area contributed by atoms with Crippen molar-refractivity contribution in [3.05, 3.63) is 0 Å². The fraction of sp³-hybridized carbons (Fsp3) is 1.00. The van der Waals surface area contributed by atoms with E-state index in [1.807, 2.05) is 0 Å². The molecule has 82 valence electrons. The van der Waals surface area contributed by atoms with E-state index in [4.69, 9.17) is 4.84 Å². The molecule has 3 heteroatoms. The first-order valence-electron chi connectivity index (χ1n) is 5.93. The second-order valence-electron chi connectivity index (χ2n) is 4.44.